The summed E-state index contributed by atoms with van der Waals surface area (Å²) in [4.78, 5) is 12.1. The van der Waals surface area contributed by atoms with Crippen molar-refractivity contribution in [1.29, 1.82) is 0 Å². The molecule has 0 unspecified atom stereocenters. The van der Waals surface area contributed by atoms with E-state index in [1.165, 1.54) is 0 Å². The van der Waals surface area contributed by atoms with E-state index in [1.54, 1.807) is 0 Å². The third-order valence-electron chi connectivity index (χ3n) is 5.30. The molecule has 0 spiro atoms. The molecule has 0 amide bonds. The van der Waals surface area contributed by atoms with Gasteiger partial charge in [0.2, 0.25) is 0 Å². The molecule has 1 saturated heterocycles. The molecule has 96 valence electrons. The minimum absolute atomic E-state index is 0.105. The smallest absolute Gasteiger partial charge is 0.138 e. The summed E-state index contributed by atoms with van der Waals surface area (Å²) in [6.45, 7) is 6.57. The Morgan fingerprint density at radius 1 is 1.35 bits per heavy atom. The molecule has 3 heteroatoms. The summed E-state index contributed by atoms with van der Waals surface area (Å²) in [5, 5.41) is 10.00. The van der Waals surface area contributed by atoms with E-state index >= 15 is 0 Å². The molecule has 17 heavy (non-hydrogen) atoms. The van der Waals surface area contributed by atoms with Crippen LogP contribution in [-0.4, -0.2) is 28.7 Å². The highest BCUT2D eigenvalue weighted by Crippen LogP contribution is 2.57. The molecule has 0 bridgehead atoms. The van der Waals surface area contributed by atoms with Crippen LogP contribution >= 0.6 is 0 Å². The van der Waals surface area contributed by atoms with Crippen LogP contribution in [0.1, 0.15) is 46.5 Å². The number of aliphatic hydroxyl groups excluding tert-OH is 1. The van der Waals surface area contributed by atoms with E-state index in [4.69, 9.17) is 4.74 Å². The van der Waals surface area contributed by atoms with Crippen LogP contribution in [0.2, 0.25) is 0 Å². The lowest BCUT2D eigenvalue weighted by Crippen LogP contribution is -2.48. The summed E-state index contributed by atoms with van der Waals surface area (Å²) >= 11 is 0. The zero-order valence-corrected chi connectivity index (χ0v) is 10.9. The fourth-order valence-corrected chi connectivity index (χ4v) is 4.02. The van der Waals surface area contributed by atoms with Crippen LogP contribution in [0.15, 0.2) is 0 Å². The molecule has 2 aliphatic carbocycles. The zero-order valence-electron chi connectivity index (χ0n) is 10.9. The summed E-state index contributed by atoms with van der Waals surface area (Å²) in [5.74, 6) is 0.935. The predicted molar refractivity (Wildman–Crippen MR) is 63.5 cm³/mol. The first-order valence-corrected chi connectivity index (χ1v) is 6.72. The second-order valence-electron chi connectivity index (χ2n) is 7.03. The maximum absolute atomic E-state index is 12.1. The van der Waals surface area contributed by atoms with Crippen LogP contribution in [0.4, 0.5) is 0 Å². The quantitative estimate of drug-likeness (QED) is 0.656. The zero-order chi connectivity index (χ0) is 12.4. The first-order chi connectivity index (χ1) is 7.83. The standard InChI is InChI=1S/C14H22O3/c1-13(2)7-8-9(13)4-5-14(3)12(17-14)11(16)6-10(8)15/h8-9,11-12,16H,4-7H2,1-3H3/t8-,9+,11-,12-,14+/m0/s1. The van der Waals surface area contributed by atoms with E-state index in [2.05, 4.69) is 20.8 Å². The number of carbonyl (C=O) groups excluding carboxylic acids is 1. The molecule has 3 rings (SSSR count). The van der Waals surface area contributed by atoms with Gasteiger partial charge in [-0.15, -0.1) is 0 Å². The molecule has 3 nitrogen and oxygen atoms in total. The lowest BCUT2D eigenvalue weighted by atomic mass is 9.53. The third-order valence-corrected chi connectivity index (χ3v) is 5.30. The second kappa shape index (κ2) is 3.33. The van der Waals surface area contributed by atoms with Crippen molar-refractivity contribution in [2.45, 2.75) is 64.3 Å². The highest BCUT2D eigenvalue weighted by atomic mass is 16.6. The molecule has 2 saturated carbocycles. The van der Waals surface area contributed by atoms with Gasteiger partial charge in [0, 0.05) is 12.3 Å². The van der Waals surface area contributed by atoms with Crippen LogP contribution < -0.4 is 0 Å². The van der Waals surface area contributed by atoms with E-state index in [0.717, 1.165) is 19.3 Å². The normalized spacial score (nSPS) is 52.4. The number of ketones is 1. The van der Waals surface area contributed by atoms with Gasteiger partial charge in [-0.25, -0.2) is 0 Å². The first-order valence-electron chi connectivity index (χ1n) is 6.72. The Kier molecular flexibility index (Phi) is 2.28. The molecular weight excluding hydrogens is 216 g/mol. The van der Waals surface area contributed by atoms with E-state index in [-0.39, 0.29) is 35.2 Å². The number of hydrogen-bond donors (Lipinski definition) is 1. The Balaban J connectivity index is 1.81. The third kappa shape index (κ3) is 1.66. The summed E-state index contributed by atoms with van der Waals surface area (Å²) < 4.78 is 5.62. The summed E-state index contributed by atoms with van der Waals surface area (Å²) in [5.41, 5.74) is 0.122. The van der Waals surface area contributed by atoms with Crippen LogP contribution in [0, 0.1) is 17.3 Å². The molecule has 1 heterocycles. The van der Waals surface area contributed by atoms with Gasteiger partial charge in [-0.2, -0.15) is 0 Å². The molecule has 0 aromatic rings. The van der Waals surface area contributed by atoms with Crippen molar-refractivity contribution < 1.29 is 14.6 Å². The summed E-state index contributed by atoms with van der Waals surface area (Å²) in [6.07, 6.45) is 2.63. The Hall–Kier alpha value is -0.410. The molecule has 0 aromatic heterocycles. The molecule has 0 aromatic carbocycles. The second-order valence-corrected chi connectivity index (χ2v) is 7.03. The fourth-order valence-electron chi connectivity index (χ4n) is 4.02. The van der Waals surface area contributed by atoms with Gasteiger partial charge in [-0.1, -0.05) is 13.8 Å². The minimum atomic E-state index is -0.588. The van der Waals surface area contributed by atoms with Gasteiger partial charge in [0.1, 0.15) is 11.9 Å². The Morgan fingerprint density at radius 3 is 2.71 bits per heavy atom. The summed E-state index contributed by atoms with van der Waals surface area (Å²) in [7, 11) is 0. The number of hydrogen-bond acceptors (Lipinski definition) is 3. The molecule has 3 fully saturated rings. The Morgan fingerprint density at radius 2 is 2.06 bits per heavy atom. The fraction of sp³-hybridized carbons (Fsp3) is 0.929. The molecule has 0 radical (unpaired) electrons. The van der Waals surface area contributed by atoms with E-state index < -0.39 is 6.10 Å². The SMILES string of the molecule is CC1(C)C[C@@H]2C(=O)C[C@H](O)[C@@H]3O[C@]3(C)CC[C@H]21. The number of Topliss-reactive ketones (excluding diaryl/α,β-unsaturated/α-hetero) is 1. The Labute approximate surface area is 103 Å². The lowest BCUT2D eigenvalue weighted by Gasteiger charge is -2.51. The van der Waals surface area contributed by atoms with Crippen LogP contribution in [0.3, 0.4) is 0 Å². The maximum atomic E-state index is 12.1. The first kappa shape index (κ1) is 11.7. The van der Waals surface area contributed by atoms with E-state index in [9.17, 15) is 9.90 Å². The van der Waals surface area contributed by atoms with Crippen molar-refractivity contribution in [3.8, 4) is 0 Å². The van der Waals surface area contributed by atoms with Crippen molar-refractivity contribution in [2.75, 3.05) is 0 Å². The lowest BCUT2D eigenvalue weighted by molar-refractivity contribution is -0.139. The highest BCUT2D eigenvalue weighted by Gasteiger charge is 2.60. The Bertz CT molecular complexity index is 362. The monoisotopic (exact) mass is 238 g/mol. The van der Waals surface area contributed by atoms with Gasteiger partial charge >= 0.3 is 0 Å². The van der Waals surface area contributed by atoms with Crippen LogP contribution in [-0.2, 0) is 9.53 Å². The molecule has 1 aliphatic heterocycles. The average Bonchev–Trinajstić information content (AvgIpc) is 2.86. The van der Waals surface area contributed by atoms with Crippen molar-refractivity contribution in [3.05, 3.63) is 0 Å². The average molecular weight is 238 g/mol. The highest BCUT2D eigenvalue weighted by molar-refractivity contribution is 5.83. The topological polar surface area (TPSA) is 49.8 Å². The van der Waals surface area contributed by atoms with E-state index in [0.29, 0.717) is 5.92 Å². The van der Waals surface area contributed by atoms with Gasteiger partial charge < -0.3 is 9.84 Å². The van der Waals surface area contributed by atoms with Gasteiger partial charge in [0.05, 0.1) is 11.7 Å². The van der Waals surface area contributed by atoms with E-state index in [1.807, 2.05) is 0 Å². The number of epoxide rings is 1. The number of rotatable bonds is 0. The van der Waals surface area contributed by atoms with Crippen molar-refractivity contribution in [1.82, 2.24) is 0 Å². The van der Waals surface area contributed by atoms with Crippen molar-refractivity contribution in [3.63, 3.8) is 0 Å². The van der Waals surface area contributed by atoms with Crippen molar-refractivity contribution in [2.24, 2.45) is 17.3 Å². The van der Waals surface area contributed by atoms with Gasteiger partial charge in [-0.05, 0) is 37.5 Å². The molecule has 3 aliphatic rings. The number of aliphatic hydroxyl groups is 1. The molecular formula is C14H22O3. The number of carbonyl (C=O) groups is 1. The van der Waals surface area contributed by atoms with Crippen LogP contribution in [0.5, 0.6) is 0 Å². The van der Waals surface area contributed by atoms with Crippen LogP contribution in [0.25, 0.3) is 0 Å². The largest absolute Gasteiger partial charge is 0.390 e. The number of ether oxygens (including phenoxy) is 1. The maximum Gasteiger partial charge on any atom is 0.138 e. The molecule has 1 N–H and O–H groups in total. The minimum Gasteiger partial charge on any atom is -0.390 e. The summed E-state index contributed by atoms with van der Waals surface area (Å²) in [6, 6.07) is 0. The van der Waals surface area contributed by atoms with Gasteiger partial charge in [-0.3, -0.25) is 4.79 Å². The number of fused-ring (bicyclic) bond motifs is 2. The van der Waals surface area contributed by atoms with Crippen molar-refractivity contribution >= 4 is 5.78 Å². The van der Waals surface area contributed by atoms with Gasteiger partial charge in [0.15, 0.2) is 0 Å². The predicted octanol–water partition coefficient (Wildman–Crippen LogP) is 1.92. The molecule has 5 atom stereocenters. The van der Waals surface area contributed by atoms with Gasteiger partial charge in [0.25, 0.3) is 0 Å².